The summed E-state index contributed by atoms with van der Waals surface area (Å²) in [6, 6.07) is 3.71. The van der Waals surface area contributed by atoms with Crippen LogP contribution in [0.25, 0.3) is 0 Å². The molecule has 2 aromatic rings. The fourth-order valence-electron chi connectivity index (χ4n) is 2.05. The zero-order valence-corrected chi connectivity index (χ0v) is 17.9. The standard InChI is InChI=1S/C17H19F3N4OS.HI/c1-3-21-17(22-8-13-10(2)6-7-26-13)23-9-14(25)24-12-5-4-11(18)15(19)16(12)20;/h4-7H,3,8-9H2,1-2H3,(H,24,25)(H2,21,22,23);1H. The Labute approximate surface area is 176 Å². The zero-order chi connectivity index (χ0) is 19.1. The van der Waals surface area contributed by atoms with Crippen molar-refractivity contribution >= 4 is 52.9 Å². The van der Waals surface area contributed by atoms with Crippen molar-refractivity contribution in [1.29, 1.82) is 0 Å². The summed E-state index contributed by atoms with van der Waals surface area (Å²) < 4.78 is 39.6. The van der Waals surface area contributed by atoms with Crippen molar-refractivity contribution in [2.75, 3.05) is 18.4 Å². The van der Waals surface area contributed by atoms with Crippen molar-refractivity contribution in [3.63, 3.8) is 0 Å². The molecular weight excluding hydrogens is 492 g/mol. The molecule has 27 heavy (non-hydrogen) atoms. The number of rotatable bonds is 6. The van der Waals surface area contributed by atoms with Gasteiger partial charge in [-0.05, 0) is 43.0 Å². The molecule has 1 aromatic carbocycles. The van der Waals surface area contributed by atoms with Crippen LogP contribution in [0.1, 0.15) is 17.4 Å². The van der Waals surface area contributed by atoms with Gasteiger partial charge >= 0.3 is 0 Å². The van der Waals surface area contributed by atoms with Gasteiger partial charge in [0.15, 0.2) is 23.4 Å². The highest BCUT2D eigenvalue weighted by atomic mass is 127. The van der Waals surface area contributed by atoms with Crippen LogP contribution in [0.2, 0.25) is 0 Å². The van der Waals surface area contributed by atoms with E-state index in [1.165, 1.54) is 0 Å². The molecule has 148 valence electrons. The number of aliphatic imine (C=N–C) groups is 1. The van der Waals surface area contributed by atoms with Gasteiger partial charge in [0.05, 0.1) is 12.2 Å². The number of carbonyl (C=O) groups is 1. The highest BCUT2D eigenvalue weighted by molar-refractivity contribution is 14.0. The Bertz CT molecular complexity index is 813. The number of thiophene rings is 1. The molecule has 0 fully saturated rings. The summed E-state index contributed by atoms with van der Waals surface area (Å²) >= 11 is 1.61. The molecule has 5 nitrogen and oxygen atoms in total. The van der Waals surface area contributed by atoms with Crippen LogP contribution in [0.15, 0.2) is 28.6 Å². The Morgan fingerprint density at radius 1 is 1.15 bits per heavy atom. The van der Waals surface area contributed by atoms with Gasteiger partial charge in [0, 0.05) is 11.4 Å². The third-order valence-corrected chi connectivity index (χ3v) is 4.44. The summed E-state index contributed by atoms with van der Waals surface area (Å²) in [6.45, 7) is 4.71. The van der Waals surface area contributed by atoms with Crippen molar-refractivity contribution in [3.05, 3.63) is 51.5 Å². The van der Waals surface area contributed by atoms with Gasteiger partial charge in [0.1, 0.15) is 6.54 Å². The maximum absolute atomic E-state index is 13.6. The number of nitrogens with zero attached hydrogens (tertiary/aromatic N) is 1. The zero-order valence-electron chi connectivity index (χ0n) is 14.7. The van der Waals surface area contributed by atoms with Gasteiger partial charge in [0.25, 0.3) is 0 Å². The van der Waals surface area contributed by atoms with Gasteiger partial charge in [-0.15, -0.1) is 35.3 Å². The van der Waals surface area contributed by atoms with Crippen LogP contribution in [0, 0.1) is 24.4 Å². The molecule has 0 aliphatic carbocycles. The van der Waals surface area contributed by atoms with E-state index in [-0.39, 0.29) is 30.5 Å². The molecule has 0 aliphatic rings. The number of hydrogen-bond acceptors (Lipinski definition) is 3. The van der Waals surface area contributed by atoms with Crippen molar-refractivity contribution in [1.82, 2.24) is 10.6 Å². The van der Waals surface area contributed by atoms with E-state index >= 15 is 0 Å². The van der Waals surface area contributed by atoms with Crippen molar-refractivity contribution < 1.29 is 18.0 Å². The van der Waals surface area contributed by atoms with E-state index in [1.54, 1.807) is 11.3 Å². The topological polar surface area (TPSA) is 65.5 Å². The quantitative estimate of drug-likeness (QED) is 0.239. The molecular formula is C17H20F3IN4OS. The molecule has 3 N–H and O–H groups in total. The van der Waals surface area contributed by atoms with Crippen LogP contribution >= 0.6 is 35.3 Å². The summed E-state index contributed by atoms with van der Waals surface area (Å²) in [5.74, 6) is -4.63. The summed E-state index contributed by atoms with van der Waals surface area (Å²) in [4.78, 5) is 17.1. The lowest BCUT2D eigenvalue weighted by Crippen LogP contribution is -2.37. The lowest BCUT2D eigenvalue weighted by atomic mass is 10.3. The van der Waals surface area contributed by atoms with Crippen molar-refractivity contribution in [2.24, 2.45) is 4.99 Å². The number of amides is 1. The minimum absolute atomic E-state index is 0. The first kappa shape index (κ1) is 23.2. The molecule has 0 saturated heterocycles. The van der Waals surface area contributed by atoms with Gasteiger partial charge in [-0.2, -0.15) is 0 Å². The number of aryl methyl sites for hydroxylation is 1. The Hall–Kier alpha value is -1.82. The second-order valence-electron chi connectivity index (χ2n) is 5.35. The number of hydrogen-bond donors (Lipinski definition) is 3. The highest BCUT2D eigenvalue weighted by Gasteiger charge is 2.15. The largest absolute Gasteiger partial charge is 0.357 e. The van der Waals surface area contributed by atoms with Crippen LogP contribution in [-0.4, -0.2) is 25.0 Å². The first-order valence-electron chi connectivity index (χ1n) is 7.90. The summed E-state index contributed by atoms with van der Waals surface area (Å²) in [6.07, 6.45) is 0. The Kier molecular flexibility index (Phi) is 9.56. The second kappa shape index (κ2) is 11.1. The van der Waals surface area contributed by atoms with Gasteiger partial charge in [-0.3, -0.25) is 4.79 Å². The average Bonchev–Trinajstić information content (AvgIpc) is 3.03. The maximum Gasteiger partial charge on any atom is 0.246 e. The monoisotopic (exact) mass is 512 g/mol. The highest BCUT2D eigenvalue weighted by Crippen LogP contribution is 2.19. The molecule has 0 spiro atoms. The first-order valence-corrected chi connectivity index (χ1v) is 8.78. The molecule has 10 heteroatoms. The van der Waals surface area contributed by atoms with Gasteiger partial charge in [-0.25, -0.2) is 18.2 Å². The predicted octanol–water partition coefficient (Wildman–Crippen LogP) is 3.79. The van der Waals surface area contributed by atoms with E-state index in [4.69, 9.17) is 0 Å². The molecule has 0 saturated carbocycles. The van der Waals surface area contributed by atoms with Crippen molar-refractivity contribution in [3.8, 4) is 0 Å². The van der Waals surface area contributed by atoms with Gasteiger partial charge in [-0.1, -0.05) is 0 Å². The number of benzene rings is 1. The molecule has 2 rings (SSSR count). The number of carbonyl (C=O) groups excluding carboxylic acids is 1. The molecule has 0 unspecified atom stereocenters. The van der Waals surface area contributed by atoms with E-state index < -0.39 is 29.0 Å². The van der Waals surface area contributed by atoms with Crippen LogP contribution in [0.4, 0.5) is 18.9 Å². The Morgan fingerprint density at radius 2 is 1.89 bits per heavy atom. The predicted molar refractivity (Wildman–Crippen MR) is 112 cm³/mol. The van der Waals surface area contributed by atoms with Crippen LogP contribution in [0.5, 0.6) is 0 Å². The second-order valence-corrected chi connectivity index (χ2v) is 6.35. The third kappa shape index (κ3) is 6.69. The Morgan fingerprint density at radius 3 is 2.52 bits per heavy atom. The summed E-state index contributed by atoms with van der Waals surface area (Å²) in [7, 11) is 0. The molecule has 1 amide bonds. The van der Waals surface area contributed by atoms with E-state index in [0.717, 1.165) is 22.6 Å². The van der Waals surface area contributed by atoms with Gasteiger partial charge in [0.2, 0.25) is 5.91 Å². The first-order chi connectivity index (χ1) is 12.4. The average molecular weight is 512 g/mol. The number of halogens is 4. The minimum atomic E-state index is -1.63. The molecule has 1 heterocycles. The maximum atomic E-state index is 13.6. The Balaban J connectivity index is 0.00000364. The fraction of sp³-hybridized carbons (Fsp3) is 0.294. The van der Waals surface area contributed by atoms with E-state index in [0.29, 0.717) is 19.0 Å². The SMILES string of the molecule is CCNC(=NCC(=O)Nc1ccc(F)c(F)c1F)NCc1sccc1C.I. The van der Waals surface area contributed by atoms with E-state index in [9.17, 15) is 18.0 Å². The molecule has 0 radical (unpaired) electrons. The molecule has 1 aromatic heterocycles. The molecule has 0 atom stereocenters. The van der Waals surface area contributed by atoms with Crippen LogP contribution in [-0.2, 0) is 11.3 Å². The summed E-state index contributed by atoms with van der Waals surface area (Å²) in [5, 5.41) is 10.2. The fourth-order valence-corrected chi connectivity index (χ4v) is 2.90. The lowest BCUT2D eigenvalue weighted by Gasteiger charge is -2.11. The lowest BCUT2D eigenvalue weighted by molar-refractivity contribution is -0.114. The normalized spacial score (nSPS) is 10.9. The smallest absolute Gasteiger partial charge is 0.246 e. The number of guanidine groups is 1. The summed E-state index contributed by atoms with van der Waals surface area (Å²) in [5.41, 5.74) is 0.723. The third-order valence-electron chi connectivity index (χ3n) is 3.42. The van der Waals surface area contributed by atoms with Crippen LogP contribution in [0.3, 0.4) is 0 Å². The van der Waals surface area contributed by atoms with Gasteiger partial charge < -0.3 is 16.0 Å². The molecule has 0 aliphatic heterocycles. The van der Waals surface area contributed by atoms with Crippen LogP contribution < -0.4 is 16.0 Å². The molecule has 0 bridgehead atoms. The van der Waals surface area contributed by atoms with Crippen molar-refractivity contribution in [2.45, 2.75) is 20.4 Å². The number of nitrogens with one attached hydrogen (secondary N) is 3. The van der Waals surface area contributed by atoms with E-state index in [1.807, 2.05) is 25.3 Å². The van der Waals surface area contributed by atoms with E-state index in [2.05, 4.69) is 20.9 Å². The minimum Gasteiger partial charge on any atom is -0.357 e. The number of anilines is 1.